The molecule has 0 fully saturated rings. The van der Waals surface area contributed by atoms with E-state index in [1.165, 1.54) is 29.8 Å². The van der Waals surface area contributed by atoms with E-state index in [0.29, 0.717) is 5.69 Å². The van der Waals surface area contributed by atoms with Crippen molar-refractivity contribution in [3.05, 3.63) is 46.7 Å². The molecule has 2 aromatic heterocycles. The quantitative estimate of drug-likeness (QED) is 0.793. The Morgan fingerprint density at radius 1 is 1.29 bits per heavy atom. The Labute approximate surface area is 130 Å². The number of fused-ring (bicyclic) bond motifs is 1. The fourth-order valence-corrected chi connectivity index (χ4v) is 4.22. The van der Waals surface area contributed by atoms with Crippen molar-refractivity contribution >= 4 is 48.9 Å². The predicted octanol–water partition coefficient (Wildman–Crippen LogP) is 3.45. The summed E-state index contributed by atoms with van der Waals surface area (Å²) >= 11 is 7.41. The smallest absolute Gasteiger partial charge is 0.264 e. The van der Waals surface area contributed by atoms with Crippen LogP contribution in [-0.4, -0.2) is 18.4 Å². The van der Waals surface area contributed by atoms with E-state index in [0.717, 1.165) is 15.2 Å². The molecule has 0 amide bonds. The number of hydrogen-bond acceptors (Lipinski definition) is 5. The van der Waals surface area contributed by atoms with Crippen LogP contribution in [0.3, 0.4) is 0 Å². The van der Waals surface area contributed by atoms with Crippen LogP contribution in [0.5, 0.6) is 0 Å². The third kappa shape index (κ3) is 2.85. The number of aryl methyl sites for hydroxylation is 1. The van der Waals surface area contributed by atoms with Gasteiger partial charge in [-0.1, -0.05) is 11.6 Å². The third-order valence-electron chi connectivity index (χ3n) is 2.77. The minimum Gasteiger partial charge on any atom is -0.279 e. The van der Waals surface area contributed by atoms with Crippen molar-refractivity contribution in [2.75, 3.05) is 4.72 Å². The van der Waals surface area contributed by atoms with Crippen molar-refractivity contribution in [1.82, 2.24) is 9.97 Å². The topological polar surface area (TPSA) is 72.0 Å². The van der Waals surface area contributed by atoms with Crippen LogP contribution in [0.1, 0.15) is 5.01 Å². The fraction of sp³-hybridized carbons (Fsp3) is 0.0769. The molecule has 8 heteroatoms. The van der Waals surface area contributed by atoms with Crippen LogP contribution < -0.4 is 4.72 Å². The van der Waals surface area contributed by atoms with Gasteiger partial charge in [-0.3, -0.25) is 9.71 Å². The first-order valence-electron chi connectivity index (χ1n) is 5.95. The number of halogens is 1. The molecule has 0 saturated heterocycles. The van der Waals surface area contributed by atoms with Gasteiger partial charge in [0, 0.05) is 12.4 Å². The number of nitrogens with zero attached hydrogens (tertiary/aromatic N) is 2. The van der Waals surface area contributed by atoms with E-state index in [4.69, 9.17) is 11.6 Å². The van der Waals surface area contributed by atoms with Crippen LogP contribution in [0.2, 0.25) is 5.02 Å². The second-order valence-electron chi connectivity index (χ2n) is 4.33. The number of sulfonamides is 1. The second-order valence-corrected chi connectivity index (χ2v) is 7.62. The molecule has 21 heavy (non-hydrogen) atoms. The summed E-state index contributed by atoms with van der Waals surface area (Å²) < 4.78 is 28.1. The standard InChI is InChI=1S/C13H10ClN3O2S2/c1-8-16-11-3-2-9(6-12(11)20-8)17-21(18,19)13-7-15-5-4-10(13)14/h2-7,17H,1H3. The van der Waals surface area contributed by atoms with Gasteiger partial charge < -0.3 is 0 Å². The number of rotatable bonds is 3. The van der Waals surface area contributed by atoms with Gasteiger partial charge in [0.2, 0.25) is 0 Å². The van der Waals surface area contributed by atoms with Gasteiger partial charge in [-0.15, -0.1) is 11.3 Å². The highest BCUT2D eigenvalue weighted by Crippen LogP contribution is 2.27. The van der Waals surface area contributed by atoms with Crippen LogP contribution in [0, 0.1) is 6.92 Å². The Hall–Kier alpha value is -1.70. The molecule has 0 atom stereocenters. The number of anilines is 1. The van der Waals surface area contributed by atoms with Crippen LogP contribution >= 0.6 is 22.9 Å². The summed E-state index contributed by atoms with van der Waals surface area (Å²) in [7, 11) is -3.77. The van der Waals surface area contributed by atoms with Crippen LogP contribution in [0.15, 0.2) is 41.6 Å². The van der Waals surface area contributed by atoms with E-state index >= 15 is 0 Å². The Balaban J connectivity index is 1.99. The zero-order valence-corrected chi connectivity index (χ0v) is 13.3. The number of nitrogens with one attached hydrogen (secondary N) is 1. The predicted molar refractivity (Wildman–Crippen MR) is 84.4 cm³/mol. The number of pyridine rings is 1. The van der Waals surface area contributed by atoms with Gasteiger partial charge >= 0.3 is 0 Å². The lowest BCUT2D eigenvalue weighted by atomic mass is 10.3. The van der Waals surface area contributed by atoms with E-state index in [-0.39, 0.29) is 9.92 Å². The summed E-state index contributed by atoms with van der Waals surface area (Å²) in [6.45, 7) is 1.91. The van der Waals surface area contributed by atoms with E-state index in [1.807, 2.05) is 6.92 Å². The molecule has 108 valence electrons. The summed E-state index contributed by atoms with van der Waals surface area (Å²) in [5.41, 5.74) is 1.31. The largest absolute Gasteiger partial charge is 0.279 e. The molecule has 0 aliphatic heterocycles. The van der Waals surface area contributed by atoms with Crippen molar-refractivity contribution in [1.29, 1.82) is 0 Å². The van der Waals surface area contributed by atoms with Crippen molar-refractivity contribution in [2.24, 2.45) is 0 Å². The minimum atomic E-state index is -3.77. The maximum Gasteiger partial charge on any atom is 0.264 e. The van der Waals surface area contributed by atoms with Gasteiger partial charge in [0.1, 0.15) is 4.90 Å². The van der Waals surface area contributed by atoms with Gasteiger partial charge in [0.05, 0.1) is 25.9 Å². The average Bonchev–Trinajstić information content (AvgIpc) is 2.78. The molecule has 0 aliphatic carbocycles. The Bertz CT molecular complexity index is 922. The monoisotopic (exact) mass is 339 g/mol. The van der Waals surface area contributed by atoms with Gasteiger partial charge in [-0.05, 0) is 31.2 Å². The van der Waals surface area contributed by atoms with Crippen molar-refractivity contribution < 1.29 is 8.42 Å². The Kier molecular flexibility index (Phi) is 3.56. The van der Waals surface area contributed by atoms with E-state index in [2.05, 4.69) is 14.7 Å². The first-order chi connectivity index (χ1) is 9.95. The summed E-state index contributed by atoms with van der Waals surface area (Å²) in [5, 5.41) is 1.06. The van der Waals surface area contributed by atoms with Crippen molar-refractivity contribution in [3.63, 3.8) is 0 Å². The Morgan fingerprint density at radius 2 is 2.10 bits per heavy atom. The van der Waals surface area contributed by atoms with E-state index in [9.17, 15) is 8.42 Å². The van der Waals surface area contributed by atoms with Gasteiger partial charge in [0.15, 0.2) is 0 Å². The lowest BCUT2D eigenvalue weighted by Crippen LogP contribution is -2.13. The SMILES string of the molecule is Cc1nc2ccc(NS(=O)(=O)c3cnccc3Cl)cc2s1. The first kappa shape index (κ1) is 14.2. The van der Waals surface area contributed by atoms with Crippen molar-refractivity contribution in [3.8, 4) is 0 Å². The van der Waals surface area contributed by atoms with Gasteiger partial charge in [0.25, 0.3) is 10.0 Å². The maximum absolute atomic E-state index is 12.3. The molecule has 3 aromatic rings. The molecule has 2 heterocycles. The Morgan fingerprint density at radius 3 is 2.86 bits per heavy atom. The molecule has 0 radical (unpaired) electrons. The summed E-state index contributed by atoms with van der Waals surface area (Å²) in [5.74, 6) is 0. The summed E-state index contributed by atoms with van der Waals surface area (Å²) in [4.78, 5) is 8.08. The molecular weight excluding hydrogens is 330 g/mol. The number of hydrogen-bond donors (Lipinski definition) is 1. The third-order valence-corrected chi connectivity index (χ3v) is 5.56. The molecule has 1 N–H and O–H groups in total. The molecule has 3 rings (SSSR count). The normalized spacial score (nSPS) is 11.7. The van der Waals surface area contributed by atoms with Crippen LogP contribution in [-0.2, 0) is 10.0 Å². The molecule has 0 saturated carbocycles. The van der Waals surface area contributed by atoms with E-state index < -0.39 is 10.0 Å². The first-order valence-corrected chi connectivity index (χ1v) is 8.63. The van der Waals surface area contributed by atoms with Gasteiger partial charge in [-0.2, -0.15) is 0 Å². The molecule has 5 nitrogen and oxygen atoms in total. The zero-order chi connectivity index (χ0) is 15.0. The lowest BCUT2D eigenvalue weighted by Gasteiger charge is -2.08. The molecule has 1 aromatic carbocycles. The highest BCUT2D eigenvalue weighted by Gasteiger charge is 2.18. The molecule has 0 unspecified atom stereocenters. The number of aromatic nitrogens is 2. The molecule has 0 aliphatic rings. The number of benzene rings is 1. The lowest BCUT2D eigenvalue weighted by molar-refractivity contribution is 0.601. The minimum absolute atomic E-state index is 0.0488. The number of thiazole rings is 1. The summed E-state index contributed by atoms with van der Waals surface area (Å²) in [6, 6.07) is 6.64. The maximum atomic E-state index is 12.3. The van der Waals surface area contributed by atoms with Crippen LogP contribution in [0.25, 0.3) is 10.2 Å². The molecule has 0 bridgehead atoms. The highest BCUT2D eigenvalue weighted by molar-refractivity contribution is 7.92. The van der Waals surface area contributed by atoms with E-state index in [1.54, 1.807) is 18.2 Å². The van der Waals surface area contributed by atoms with Gasteiger partial charge in [-0.25, -0.2) is 13.4 Å². The van der Waals surface area contributed by atoms with Crippen LogP contribution in [0.4, 0.5) is 5.69 Å². The fourth-order valence-electron chi connectivity index (χ4n) is 1.87. The zero-order valence-electron chi connectivity index (χ0n) is 10.9. The summed E-state index contributed by atoms with van der Waals surface area (Å²) in [6.07, 6.45) is 2.66. The second kappa shape index (κ2) is 5.25. The highest BCUT2D eigenvalue weighted by atomic mass is 35.5. The average molecular weight is 340 g/mol. The molecular formula is C13H10ClN3O2S2. The molecule has 0 spiro atoms. The van der Waals surface area contributed by atoms with Crippen molar-refractivity contribution in [2.45, 2.75) is 11.8 Å².